The molecule has 0 radical (unpaired) electrons. The van der Waals surface area contributed by atoms with Gasteiger partial charge in [-0.1, -0.05) is 0 Å². The topological polar surface area (TPSA) is 86.0 Å². The van der Waals surface area contributed by atoms with Crippen molar-refractivity contribution in [2.24, 2.45) is 21.7 Å². The van der Waals surface area contributed by atoms with E-state index in [9.17, 15) is 0 Å². The highest BCUT2D eigenvalue weighted by atomic mass is 79.9. The van der Waals surface area contributed by atoms with Gasteiger partial charge in [0.15, 0.2) is 0 Å². The molecule has 0 unspecified atom stereocenters. The molecule has 0 aliphatic heterocycles. The molecule has 0 atom stereocenters. The highest BCUT2D eigenvalue weighted by Gasteiger charge is 2.00. The summed E-state index contributed by atoms with van der Waals surface area (Å²) < 4.78 is 6.24. The molecule has 86 valence electrons. The largest absolute Gasteiger partial charge is 0.493 e. The van der Waals surface area contributed by atoms with Gasteiger partial charge in [-0.2, -0.15) is 5.10 Å². The van der Waals surface area contributed by atoms with Gasteiger partial charge in [0.1, 0.15) is 5.75 Å². The number of hydrogen-bond acceptors (Lipinski definition) is 3. The average Bonchev–Trinajstić information content (AvgIpc) is 2.21. The van der Waals surface area contributed by atoms with E-state index in [2.05, 4.69) is 26.1 Å². The molecule has 0 bridgehead atoms. The molecule has 5 nitrogen and oxygen atoms in total. The zero-order valence-corrected chi connectivity index (χ0v) is 10.4. The van der Waals surface area contributed by atoms with E-state index < -0.39 is 0 Å². The summed E-state index contributed by atoms with van der Waals surface area (Å²) in [4.78, 5) is 0. The van der Waals surface area contributed by atoms with Gasteiger partial charge in [-0.25, -0.2) is 0 Å². The molecule has 0 aromatic heterocycles. The summed E-state index contributed by atoms with van der Waals surface area (Å²) >= 11 is 3.40. The van der Waals surface area contributed by atoms with Gasteiger partial charge < -0.3 is 16.2 Å². The second-order valence-electron chi connectivity index (χ2n) is 2.89. The van der Waals surface area contributed by atoms with Crippen LogP contribution < -0.4 is 16.2 Å². The van der Waals surface area contributed by atoms with Crippen LogP contribution in [-0.2, 0) is 0 Å². The fourth-order valence-corrected chi connectivity index (χ4v) is 1.54. The molecule has 0 spiro atoms. The number of nitrogens with two attached hydrogens (primary N) is 2. The van der Waals surface area contributed by atoms with Crippen molar-refractivity contribution in [3.8, 4) is 5.75 Å². The van der Waals surface area contributed by atoms with E-state index in [1.54, 1.807) is 6.21 Å². The fraction of sp³-hybridized carbons (Fsp3) is 0.200. The Morgan fingerprint density at radius 3 is 2.81 bits per heavy atom. The quantitative estimate of drug-likeness (QED) is 0.499. The molecular formula is C10H13BrN4O. The molecule has 1 aromatic rings. The standard InChI is InChI=1S/C10H13BrN4O/c1-2-16-9-4-3-7(5-8(9)11)6-14-15-10(12)13/h3-6H,2H2,1H3,(H4,12,13,15)/b14-6+. The van der Waals surface area contributed by atoms with Gasteiger partial charge in [-0.05, 0) is 46.6 Å². The highest BCUT2D eigenvalue weighted by molar-refractivity contribution is 9.10. The minimum atomic E-state index is -0.0683. The Kier molecular flexibility index (Phi) is 4.78. The summed E-state index contributed by atoms with van der Waals surface area (Å²) in [5.74, 6) is 0.725. The second kappa shape index (κ2) is 6.12. The van der Waals surface area contributed by atoms with Crippen LogP contribution in [0.4, 0.5) is 0 Å². The molecule has 0 saturated carbocycles. The second-order valence-corrected chi connectivity index (χ2v) is 3.75. The minimum absolute atomic E-state index is 0.0683. The van der Waals surface area contributed by atoms with Gasteiger partial charge in [-0.15, -0.1) is 5.10 Å². The monoisotopic (exact) mass is 284 g/mol. The molecule has 6 heteroatoms. The average molecular weight is 285 g/mol. The third kappa shape index (κ3) is 3.90. The number of guanidine groups is 1. The number of halogens is 1. The summed E-state index contributed by atoms with van der Waals surface area (Å²) in [6.45, 7) is 2.56. The first-order valence-corrected chi connectivity index (χ1v) is 5.47. The van der Waals surface area contributed by atoms with E-state index in [1.165, 1.54) is 0 Å². The van der Waals surface area contributed by atoms with E-state index >= 15 is 0 Å². The third-order valence-corrected chi connectivity index (χ3v) is 2.26. The first-order valence-electron chi connectivity index (χ1n) is 4.67. The maximum atomic E-state index is 5.38. The first kappa shape index (κ1) is 12.5. The molecule has 1 aromatic carbocycles. The summed E-state index contributed by atoms with van der Waals surface area (Å²) in [5.41, 5.74) is 11.1. The molecule has 4 N–H and O–H groups in total. The van der Waals surface area contributed by atoms with Crippen LogP contribution in [0.1, 0.15) is 12.5 Å². The molecule has 0 amide bonds. The van der Waals surface area contributed by atoms with Crippen molar-refractivity contribution in [1.82, 2.24) is 0 Å². The van der Waals surface area contributed by atoms with Crippen molar-refractivity contribution in [1.29, 1.82) is 0 Å². The Labute approximate surface area is 102 Å². The SMILES string of the molecule is CCOc1ccc(/C=N/N=C(N)N)cc1Br. The summed E-state index contributed by atoms with van der Waals surface area (Å²) in [6.07, 6.45) is 1.56. The van der Waals surface area contributed by atoms with Crippen molar-refractivity contribution >= 4 is 28.1 Å². The van der Waals surface area contributed by atoms with Crippen molar-refractivity contribution in [2.75, 3.05) is 6.61 Å². The summed E-state index contributed by atoms with van der Waals surface area (Å²) in [6, 6.07) is 5.59. The van der Waals surface area contributed by atoms with Crippen LogP contribution >= 0.6 is 15.9 Å². The van der Waals surface area contributed by atoms with Crippen LogP contribution in [0.2, 0.25) is 0 Å². The molecule has 0 heterocycles. The Morgan fingerprint density at radius 2 is 2.25 bits per heavy atom. The lowest BCUT2D eigenvalue weighted by Crippen LogP contribution is -2.21. The zero-order valence-electron chi connectivity index (χ0n) is 8.85. The minimum Gasteiger partial charge on any atom is -0.493 e. The molecule has 0 saturated heterocycles. The van der Waals surface area contributed by atoms with Crippen LogP contribution in [-0.4, -0.2) is 18.8 Å². The van der Waals surface area contributed by atoms with Gasteiger partial charge >= 0.3 is 0 Å². The van der Waals surface area contributed by atoms with E-state index in [1.807, 2.05) is 25.1 Å². The molecule has 1 rings (SSSR count). The molecule has 0 aliphatic carbocycles. The van der Waals surface area contributed by atoms with E-state index in [-0.39, 0.29) is 5.96 Å². The number of nitrogens with zero attached hydrogens (tertiary/aromatic N) is 2. The highest BCUT2D eigenvalue weighted by Crippen LogP contribution is 2.25. The van der Waals surface area contributed by atoms with Crippen LogP contribution in [0.25, 0.3) is 0 Å². The van der Waals surface area contributed by atoms with E-state index in [0.29, 0.717) is 6.61 Å². The Bertz CT molecular complexity index is 413. The number of ether oxygens (including phenoxy) is 1. The van der Waals surface area contributed by atoms with Crippen LogP contribution in [0.5, 0.6) is 5.75 Å². The normalized spacial score (nSPS) is 10.4. The number of benzene rings is 1. The van der Waals surface area contributed by atoms with Crippen molar-refractivity contribution < 1.29 is 4.74 Å². The van der Waals surface area contributed by atoms with Crippen molar-refractivity contribution in [3.05, 3.63) is 28.2 Å². The van der Waals surface area contributed by atoms with Crippen LogP contribution in [0, 0.1) is 0 Å². The lowest BCUT2D eigenvalue weighted by atomic mass is 10.2. The van der Waals surface area contributed by atoms with Gasteiger partial charge in [0.2, 0.25) is 5.96 Å². The Balaban J connectivity index is 2.81. The van der Waals surface area contributed by atoms with Crippen LogP contribution in [0.15, 0.2) is 32.9 Å². The van der Waals surface area contributed by atoms with E-state index in [0.717, 1.165) is 15.8 Å². The smallest absolute Gasteiger partial charge is 0.211 e. The lowest BCUT2D eigenvalue weighted by Gasteiger charge is -2.05. The number of hydrogen-bond donors (Lipinski definition) is 2. The Morgan fingerprint density at radius 1 is 1.50 bits per heavy atom. The maximum Gasteiger partial charge on any atom is 0.211 e. The van der Waals surface area contributed by atoms with Gasteiger partial charge in [0.05, 0.1) is 17.3 Å². The molecule has 0 fully saturated rings. The summed E-state index contributed by atoms with van der Waals surface area (Å²) in [7, 11) is 0. The van der Waals surface area contributed by atoms with Gasteiger partial charge in [-0.3, -0.25) is 0 Å². The third-order valence-electron chi connectivity index (χ3n) is 1.64. The van der Waals surface area contributed by atoms with Gasteiger partial charge in [0.25, 0.3) is 0 Å². The molecular weight excluding hydrogens is 272 g/mol. The zero-order chi connectivity index (χ0) is 12.0. The number of rotatable bonds is 4. The predicted molar refractivity (Wildman–Crippen MR) is 68.7 cm³/mol. The van der Waals surface area contributed by atoms with Gasteiger partial charge in [0, 0.05) is 0 Å². The first-order chi connectivity index (χ1) is 7.63. The van der Waals surface area contributed by atoms with Crippen molar-refractivity contribution in [2.45, 2.75) is 6.92 Å². The van der Waals surface area contributed by atoms with E-state index in [4.69, 9.17) is 16.2 Å². The summed E-state index contributed by atoms with van der Waals surface area (Å²) in [5, 5.41) is 7.21. The predicted octanol–water partition coefficient (Wildman–Crippen LogP) is 1.46. The lowest BCUT2D eigenvalue weighted by molar-refractivity contribution is 0.338. The van der Waals surface area contributed by atoms with Crippen molar-refractivity contribution in [3.63, 3.8) is 0 Å². The fourth-order valence-electron chi connectivity index (χ4n) is 1.03. The Hall–Kier alpha value is -1.56. The molecule has 16 heavy (non-hydrogen) atoms. The van der Waals surface area contributed by atoms with Crippen LogP contribution in [0.3, 0.4) is 0 Å². The maximum absolute atomic E-state index is 5.38. The molecule has 0 aliphatic rings.